The number of amides is 1. The van der Waals surface area contributed by atoms with Gasteiger partial charge < -0.3 is 5.32 Å². The Morgan fingerprint density at radius 2 is 2.00 bits per heavy atom. The van der Waals surface area contributed by atoms with Gasteiger partial charge in [0.05, 0.1) is 6.54 Å². The average Bonchev–Trinajstić information content (AvgIpc) is 3.15. The van der Waals surface area contributed by atoms with Gasteiger partial charge in [0.2, 0.25) is 5.95 Å². The number of hydrogen-bond donors (Lipinski definition) is 1. The second-order valence-electron chi connectivity index (χ2n) is 7.17. The number of carbonyl (C=O) groups excluding carboxylic acids is 1. The molecular formula is C18H23F3N6O. The summed E-state index contributed by atoms with van der Waals surface area (Å²) in [5, 5.41) is 2.95. The van der Waals surface area contributed by atoms with Gasteiger partial charge in [-0.2, -0.15) is 13.2 Å². The van der Waals surface area contributed by atoms with Gasteiger partial charge in [0.15, 0.2) is 0 Å². The Morgan fingerprint density at radius 1 is 1.29 bits per heavy atom. The van der Waals surface area contributed by atoms with Crippen molar-refractivity contribution in [3.8, 4) is 5.95 Å². The predicted octanol–water partition coefficient (Wildman–Crippen LogP) is 2.51. The Bertz CT molecular complexity index is 800. The first-order chi connectivity index (χ1) is 13.2. The van der Waals surface area contributed by atoms with Crippen LogP contribution in [0.1, 0.15) is 41.9 Å². The van der Waals surface area contributed by atoms with Gasteiger partial charge in [0, 0.05) is 30.2 Å². The van der Waals surface area contributed by atoms with E-state index in [2.05, 4.69) is 20.3 Å². The maximum Gasteiger partial charge on any atom is 0.401 e. The van der Waals surface area contributed by atoms with Crippen LogP contribution >= 0.6 is 0 Å². The minimum absolute atomic E-state index is 0.0741. The maximum atomic E-state index is 12.6. The molecule has 1 N–H and O–H groups in total. The smallest absolute Gasteiger partial charge is 0.348 e. The molecule has 1 saturated carbocycles. The predicted molar refractivity (Wildman–Crippen MR) is 96.1 cm³/mol. The fourth-order valence-corrected chi connectivity index (χ4v) is 3.49. The number of carbonyl (C=O) groups is 1. The largest absolute Gasteiger partial charge is 0.401 e. The van der Waals surface area contributed by atoms with Crippen LogP contribution < -0.4 is 5.32 Å². The molecule has 1 amide bonds. The first-order valence-corrected chi connectivity index (χ1v) is 9.13. The van der Waals surface area contributed by atoms with Gasteiger partial charge in [-0.05, 0) is 45.7 Å². The van der Waals surface area contributed by atoms with E-state index >= 15 is 0 Å². The van der Waals surface area contributed by atoms with Crippen molar-refractivity contribution in [3.63, 3.8) is 0 Å². The summed E-state index contributed by atoms with van der Waals surface area (Å²) in [6.45, 7) is 0.868. The third-order valence-electron chi connectivity index (χ3n) is 4.89. The number of aryl methyl sites for hydroxylation is 1. The summed E-state index contributed by atoms with van der Waals surface area (Å²) in [7, 11) is 1.50. The van der Waals surface area contributed by atoms with E-state index in [1.54, 1.807) is 36.3 Å². The van der Waals surface area contributed by atoms with Gasteiger partial charge in [-0.15, -0.1) is 0 Å². The molecule has 152 valence electrons. The van der Waals surface area contributed by atoms with Gasteiger partial charge in [-0.3, -0.25) is 14.3 Å². The van der Waals surface area contributed by atoms with Gasteiger partial charge in [-0.25, -0.2) is 15.0 Å². The van der Waals surface area contributed by atoms with E-state index in [9.17, 15) is 18.0 Å². The third-order valence-corrected chi connectivity index (χ3v) is 4.89. The van der Waals surface area contributed by atoms with Crippen LogP contribution in [0.5, 0.6) is 0 Å². The van der Waals surface area contributed by atoms with E-state index in [1.807, 2.05) is 0 Å². The summed E-state index contributed by atoms with van der Waals surface area (Å²) in [4.78, 5) is 26.5. The third kappa shape index (κ3) is 5.28. The molecule has 2 heterocycles. The Labute approximate surface area is 161 Å². The number of rotatable bonds is 5. The lowest BCUT2D eigenvalue weighted by atomic mass is 9.90. The molecule has 0 saturated heterocycles. The summed E-state index contributed by atoms with van der Waals surface area (Å²) in [6, 6.07) is 1.41. The highest BCUT2D eigenvalue weighted by Gasteiger charge is 2.33. The van der Waals surface area contributed by atoms with Crippen LogP contribution in [-0.4, -0.2) is 62.2 Å². The molecule has 0 aliphatic heterocycles. The molecule has 0 aromatic carbocycles. The Balaban J connectivity index is 1.58. The maximum absolute atomic E-state index is 12.6. The minimum Gasteiger partial charge on any atom is -0.348 e. The fraction of sp³-hybridized carbons (Fsp3) is 0.556. The highest BCUT2D eigenvalue weighted by atomic mass is 19.4. The molecule has 10 heteroatoms. The summed E-state index contributed by atoms with van der Waals surface area (Å²) in [5.74, 6) is 0.0547. The van der Waals surface area contributed by atoms with Crippen LogP contribution in [0.25, 0.3) is 5.95 Å². The average molecular weight is 396 g/mol. The molecule has 0 unspecified atom stereocenters. The molecule has 0 spiro atoms. The van der Waals surface area contributed by atoms with Crippen molar-refractivity contribution < 1.29 is 18.0 Å². The van der Waals surface area contributed by atoms with Crippen LogP contribution in [0.4, 0.5) is 13.2 Å². The summed E-state index contributed by atoms with van der Waals surface area (Å²) in [5.41, 5.74) is 0.911. The van der Waals surface area contributed by atoms with Crippen LogP contribution in [0.15, 0.2) is 24.8 Å². The van der Waals surface area contributed by atoms with E-state index < -0.39 is 12.7 Å². The second-order valence-corrected chi connectivity index (χ2v) is 7.17. The lowest BCUT2D eigenvalue weighted by Crippen LogP contribution is -2.45. The molecule has 1 aliphatic carbocycles. The zero-order valence-electron chi connectivity index (χ0n) is 15.8. The first-order valence-electron chi connectivity index (χ1n) is 9.13. The Hall–Kier alpha value is -2.49. The number of nitrogens with one attached hydrogen (secondary N) is 1. The summed E-state index contributed by atoms with van der Waals surface area (Å²) >= 11 is 0. The molecular weight excluding hydrogens is 373 g/mol. The van der Waals surface area contributed by atoms with Crippen molar-refractivity contribution in [2.75, 3.05) is 13.6 Å². The van der Waals surface area contributed by atoms with Crippen molar-refractivity contribution in [1.82, 2.24) is 29.7 Å². The SMILES string of the molecule is Cc1cc(C(=O)NC2CCC(N(C)CC(F)(F)F)CC2)nc(-n2ccnc2)n1. The first kappa shape index (κ1) is 20.2. The lowest BCUT2D eigenvalue weighted by molar-refractivity contribution is -0.148. The Morgan fingerprint density at radius 3 is 2.61 bits per heavy atom. The highest BCUT2D eigenvalue weighted by molar-refractivity contribution is 5.92. The zero-order valence-corrected chi connectivity index (χ0v) is 15.8. The van der Waals surface area contributed by atoms with Gasteiger partial charge in [0.25, 0.3) is 5.91 Å². The van der Waals surface area contributed by atoms with Crippen molar-refractivity contribution in [3.05, 3.63) is 36.2 Å². The molecule has 0 atom stereocenters. The summed E-state index contributed by atoms with van der Waals surface area (Å²) in [6.07, 6.45) is 3.14. The van der Waals surface area contributed by atoms with Crippen LogP contribution in [-0.2, 0) is 0 Å². The number of hydrogen-bond acceptors (Lipinski definition) is 5. The van der Waals surface area contributed by atoms with Crippen LogP contribution in [0.3, 0.4) is 0 Å². The standard InChI is InChI=1S/C18H23F3N6O/c1-12-9-15(25-17(23-12)27-8-7-22-11-27)16(28)24-13-3-5-14(6-4-13)26(2)10-18(19,20)21/h7-9,11,13-14H,3-6,10H2,1-2H3,(H,24,28). The monoisotopic (exact) mass is 396 g/mol. The molecule has 0 bridgehead atoms. The zero-order chi connectivity index (χ0) is 20.3. The van der Waals surface area contributed by atoms with Crippen molar-refractivity contribution in [2.45, 2.75) is 50.9 Å². The van der Waals surface area contributed by atoms with E-state index in [4.69, 9.17) is 0 Å². The van der Waals surface area contributed by atoms with E-state index in [1.165, 1.54) is 11.9 Å². The molecule has 1 aliphatic rings. The molecule has 28 heavy (non-hydrogen) atoms. The normalized spacial score (nSPS) is 20.4. The van der Waals surface area contributed by atoms with Crippen molar-refractivity contribution in [2.24, 2.45) is 0 Å². The van der Waals surface area contributed by atoms with E-state index in [0.29, 0.717) is 37.3 Å². The topological polar surface area (TPSA) is 75.9 Å². The highest BCUT2D eigenvalue weighted by Crippen LogP contribution is 2.25. The van der Waals surface area contributed by atoms with Gasteiger partial charge >= 0.3 is 6.18 Å². The fourth-order valence-electron chi connectivity index (χ4n) is 3.49. The van der Waals surface area contributed by atoms with Crippen LogP contribution in [0.2, 0.25) is 0 Å². The van der Waals surface area contributed by atoms with Crippen molar-refractivity contribution in [1.29, 1.82) is 0 Å². The van der Waals surface area contributed by atoms with Crippen LogP contribution in [0, 0.1) is 6.92 Å². The number of imidazole rings is 1. The lowest BCUT2D eigenvalue weighted by Gasteiger charge is -2.35. The van der Waals surface area contributed by atoms with E-state index in [0.717, 1.165) is 0 Å². The minimum atomic E-state index is -4.20. The summed E-state index contributed by atoms with van der Waals surface area (Å²) < 4.78 is 39.3. The number of alkyl halides is 3. The van der Waals surface area contributed by atoms with Gasteiger partial charge in [0.1, 0.15) is 12.0 Å². The molecule has 2 aromatic heterocycles. The molecule has 3 rings (SSSR count). The number of halogens is 3. The second kappa shape index (κ2) is 8.26. The van der Waals surface area contributed by atoms with E-state index in [-0.39, 0.29) is 23.7 Å². The molecule has 7 nitrogen and oxygen atoms in total. The quantitative estimate of drug-likeness (QED) is 0.841. The molecule has 0 radical (unpaired) electrons. The Kier molecular flexibility index (Phi) is 5.97. The molecule has 2 aromatic rings. The number of nitrogens with zero attached hydrogens (tertiary/aromatic N) is 5. The van der Waals surface area contributed by atoms with Crippen molar-refractivity contribution >= 4 is 5.91 Å². The van der Waals surface area contributed by atoms with Gasteiger partial charge in [-0.1, -0.05) is 0 Å². The number of aromatic nitrogens is 4. The molecule has 1 fully saturated rings.